The van der Waals surface area contributed by atoms with Crippen molar-refractivity contribution in [1.29, 1.82) is 0 Å². The summed E-state index contributed by atoms with van der Waals surface area (Å²) in [7, 11) is 0. The van der Waals surface area contributed by atoms with E-state index in [0.29, 0.717) is 19.8 Å². The Morgan fingerprint density at radius 1 is 1.41 bits per heavy atom. The van der Waals surface area contributed by atoms with Gasteiger partial charge in [-0.1, -0.05) is 0 Å². The number of aromatic nitrogens is 2. The second-order valence-corrected chi connectivity index (χ2v) is 4.33. The number of hydrogen-bond acceptors (Lipinski definition) is 4. The first-order valence-corrected chi connectivity index (χ1v) is 5.75. The number of fused-ring (bicyclic) bond motifs is 3. The summed E-state index contributed by atoms with van der Waals surface area (Å²) < 4.78 is 13.1. The van der Waals surface area contributed by atoms with Crippen molar-refractivity contribution in [2.24, 2.45) is 5.73 Å². The van der Waals surface area contributed by atoms with Crippen LogP contribution in [0, 0.1) is 0 Å². The van der Waals surface area contributed by atoms with Crippen LogP contribution in [0.4, 0.5) is 0 Å². The number of rotatable bonds is 2. The minimum absolute atomic E-state index is 0.0541. The molecule has 5 heteroatoms. The highest BCUT2D eigenvalue weighted by Crippen LogP contribution is 2.37. The van der Waals surface area contributed by atoms with Crippen molar-refractivity contribution in [3.63, 3.8) is 0 Å². The fraction of sp³-hybridized carbons (Fsp3) is 0.417. The molecule has 1 aromatic heterocycles. The quantitative estimate of drug-likeness (QED) is 0.845. The van der Waals surface area contributed by atoms with Gasteiger partial charge in [-0.3, -0.25) is 4.68 Å². The molecule has 0 amide bonds. The summed E-state index contributed by atoms with van der Waals surface area (Å²) in [6.45, 7) is 3.80. The maximum Gasteiger partial charge on any atom is 0.187 e. The monoisotopic (exact) mass is 233 g/mol. The van der Waals surface area contributed by atoms with Gasteiger partial charge in [0.2, 0.25) is 0 Å². The number of hydrogen-bond donors (Lipinski definition) is 1. The molecule has 0 fully saturated rings. The summed E-state index contributed by atoms with van der Waals surface area (Å²) in [6.07, 6.45) is 1.83. The zero-order valence-electron chi connectivity index (χ0n) is 9.72. The van der Waals surface area contributed by atoms with E-state index in [1.54, 1.807) is 0 Å². The molecule has 0 aliphatic carbocycles. The minimum atomic E-state index is 0.0541. The van der Waals surface area contributed by atoms with E-state index in [0.717, 1.165) is 22.4 Å². The van der Waals surface area contributed by atoms with E-state index in [2.05, 4.69) is 5.10 Å². The van der Waals surface area contributed by atoms with Crippen LogP contribution < -0.4 is 15.2 Å². The van der Waals surface area contributed by atoms with Crippen molar-refractivity contribution in [2.75, 3.05) is 13.2 Å². The predicted molar refractivity (Wildman–Crippen MR) is 64.4 cm³/mol. The van der Waals surface area contributed by atoms with E-state index in [-0.39, 0.29) is 6.04 Å². The number of nitrogens with zero attached hydrogens (tertiary/aromatic N) is 2. The molecule has 1 aromatic carbocycles. The Morgan fingerprint density at radius 2 is 2.24 bits per heavy atom. The molecule has 0 bridgehead atoms. The second kappa shape index (κ2) is 3.92. The molecule has 0 radical (unpaired) electrons. The maximum atomic E-state index is 5.82. The van der Waals surface area contributed by atoms with Crippen molar-refractivity contribution in [1.82, 2.24) is 9.78 Å². The lowest BCUT2D eigenvalue weighted by Crippen LogP contribution is -2.23. The zero-order valence-corrected chi connectivity index (χ0v) is 9.72. The number of nitrogens with two attached hydrogens (primary N) is 1. The smallest absolute Gasteiger partial charge is 0.187 e. The van der Waals surface area contributed by atoms with Gasteiger partial charge in [0.15, 0.2) is 11.5 Å². The van der Waals surface area contributed by atoms with Gasteiger partial charge in [0, 0.05) is 11.4 Å². The molecule has 0 spiro atoms. The van der Waals surface area contributed by atoms with Crippen molar-refractivity contribution < 1.29 is 9.47 Å². The fourth-order valence-corrected chi connectivity index (χ4v) is 2.09. The van der Waals surface area contributed by atoms with Crippen LogP contribution in [-0.4, -0.2) is 29.0 Å². The van der Waals surface area contributed by atoms with Gasteiger partial charge in [-0.15, -0.1) is 0 Å². The van der Waals surface area contributed by atoms with E-state index >= 15 is 0 Å². The molecule has 2 aromatic rings. The van der Waals surface area contributed by atoms with Crippen LogP contribution in [0.5, 0.6) is 11.5 Å². The van der Waals surface area contributed by atoms with Gasteiger partial charge < -0.3 is 15.2 Å². The van der Waals surface area contributed by atoms with E-state index in [4.69, 9.17) is 15.2 Å². The highest BCUT2D eigenvalue weighted by molar-refractivity contribution is 5.87. The highest BCUT2D eigenvalue weighted by Gasteiger charge is 2.18. The largest absolute Gasteiger partial charge is 0.486 e. The Bertz CT molecular complexity index is 548. The van der Waals surface area contributed by atoms with Crippen LogP contribution in [0.3, 0.4) is 0 Å². The second-order valence-electron chi connectivity index (χ2n) is 4.33. The summed E-state index contributed by atoms with van der Waals surface area (Å²) in [5.41, 5.74) is 6.79. The van der Waals surface area contributed by atoms with Crippen molar-refractivity contribution in [3.05, 3.63) is 18.3 Å². The molecule has 1 aliphatic heterocycles. The summed E-state index contributed by atoms with van der Waals surface area (Å²) in [4.78, 5) is 0. The third kappa shape index (κ3) is 1.72. The molecule has 17 heavy (non-hydrogen) atoms. The SMILES string of the molecule is C[C@H](N)Cn1ncc2ccc3c(c21)OCCO3. The standard InChI is InChI=1S/C12H15N3O2/c1-8(13)7-15-11-9(6-14-15)2-3-10-12(11)17-5-4-16-10/h2-3,6,8H,4-5,7,13H2,1H3/t8-/m0/s1. The maximum absolute atomic E-state index is 5.82. The molecule has 1 aliphatic rings. The van der Waals surface area contributed by atoms with Gasteiger partial charge in [-0.05, 0) is 19.1 Å². The van der Waals surface area contributed by atoms with Crippen molar-refractivity contribution >= 4 is 10.9 Å². The Balaban J connectivity index is 2.17. The van der Waals surface area contributed by atoms with Crippen LogP contribution in [0.2, 0.25) is 0 Å². The summed E-state index contributed by atoms with van der Waals surface area (Å²) in [5, 5.41) is 5.40. The Hall–Kier alpha value is -1.75. The molecular formula is C12H15N3O2. The summed E-state index contributed by atoms with van der Waals surface area (Å²) in [6, 6.07) is 3.97. The van der Waals surface area contributed by atoms with Crippen LogP contribution in [-0.2, 0) is 6.54 Å². The molecule has 2 heterocycles. The van der Waals surface area contributed by atoms with E-state index in [9.17, 15) is 0 Å². The molecule has 5 nitrogen and oxygen atoms in total. The molecule has 0 saturated heterocycles. The van der Waals surface area contributed by atoms with Gasteiger partial charge in [-0.25, -0.2) is 0 Å². The minimum Gasteiger partial charge on any atom is -0.486 e. The van der Waals surface area contributed by atoms with E-state index < -0.39 is 0 Å². The van der Waals surface area contributed by atoms with Gasteiger partial charge in [0.1, 0.15) is 18.7 Å². The van der Waals surface area contributed by atoms with Crippen LogP contribution in [0.15, 0.2) is 18.3 Å². The molecule has 90 valence electrons. The van der Waals surface area contributed by atoms with E-state index in [1.807, 2.05) is 29.9 Å². The lowest BCUT2D eigenvalue weighted by Gasteiger charge is -2.19. The topological polar surface area (TPSA) is 62.3 Å². The molecular weight excluding hydrogens is 218 g/mol. The molecule has 3 rings (SSSR count). The van der Waals surface area contributed by atoms with Gasteiger partial charge in [0.25, 0.3) is 0 Å². The van der Waals surface area contributed by atoms with Gasteiger partial charge in [-0.2, -0.15) is 5.10 Å². The van der Waals surface area contributed by atoms with Crippen molar-refractivity contribution in [2.45, 2.75) is 19.5 Å². The lowest BCUT2D eigenvalue weighted by molar-refractivity contribution is 0.173. The zero-order chi connectivity index (χ0) is 11.8. The Kier molecular flexibility index (Phi) is 2.40. The fourth-order valence-electron chi connectivity index (χ4n) is 2.09. The Morgan fingerprint density at radius 3 is 3.06 bits per heavy atom. The predicted octanol–water partition coefficient (Wildman–Crippen LogP) is 1.15. The number of ether oxygens (including phenoxy) is 2. The molecule has 1 atom stereocenters. The Labute approximate surface area is 99.1 Å². The number of benzene rings is 1. The summed E-state index contributed by atoms with van der Waals surface area (Å²) in [5.74, 6) is 1.57. The summed E-state index contributed by atoms with van der Waals surface area (Å²) >= 11 is 0. The van der Waals surface area contributed by atoms with Crippen LogP contribution in [0.25, 0.3) is 10.9 Å². The third-order valence-corrected chi connectivity index (χ3v) is 2.77. The average molecular weight is 233 g/mol. The van der Waals surface area contributed by atoms with Gasteiger partial charge >= 0.3 is 0 Å². The van der Waals surface area contributed by atoms with Gasteiger partial charge in [0.05, 0.1) is 12.7 Å². The molecule has 0 unspecified atom stereocenters. The van der Waals surface area contributed by atoms with Crippen molar-refractivity contribution in [3.8, 4) is 11.5 Å². The highest BCUT2D eigenvalue weighted by atomic mass is 16.6. The molecule has 0 saturated carbocycles. The first kappa shape index (κ1) is 10.4. The molecule has 2 N–H and O–H groups in total. The first-order chi connectivity index (χ1) is 8.25. The average Bonchev–Trinajstić information content (AvgIpc) is 2.72. The lowest BCUT2D eigenvalue weighted by atomic mass is 10.2. The van der Waals surface area contributed by atoms with Crippen LogP contribution in [0.1, 0.15) is 6.92 Å². The van der Waals surface area contributed by atoms with Crippen LogP contribution >= 0.6 is 0 Å². The van der Waals surface area contributed by atoms with E-state index in [1.165, 1.54) is 0 Å². The normalized spacial score (nSPS) is 16.1. The third-order valence-electron chi connectivity index (χ3n) is 2.77. The first-order valence-electron chi connectivity index (χ1n) is 5.75.